The van der Waals surface area contributed by atoms with Crippen molar-refractivity contribution < 1.29 is 14.4 Å². The van der Waals surface area contributed by atoms with E-state index in [2.05, 4.69) is 0 Å². The van der Waals surface area contributed by atoms with E-state index in [-0.39, 0.29) is 23.6 Å². The molecule has 3 aliphatic rings. The number of amides is 2. The second-order valence-corrected chi connectivity index (χ2v) is 9.75. The number of hydrogen-bond acceptors (Lipinski definition) is 4. The number of benzene rings is 2. The molecule has 3 aliphatic heterocycles. The van der Waals surface area contributed by atoms with Gasteiger partial charge in [0, 0.05) is 16.8 Å². The highest BCUT2D eigenvalue weighted by molar-refractivity contribution is 6.34. The Kier molecular flexibility index (Phi) is 4.38. The zero-order valence-corrected chi connectivity index (χ0v) is 18.3. The van der Waals surface area contributed by atoms with E-state index in [1.54, 1.807) is 24.3 Å². The number of Topliss-reactive ketones (excluding diaryl/α,β-unsaturated/α-hetero) is 1. The number of hydrogen-bond donors (Lipinski definition) is 0. The third-order valence-corrected chi connectivity index (χ3v) is 6.82. The third kappa shape index (κ3) is 2.79. The summed E-state index contributed by atoms with van der Waals surface area (Å²) < 4.78 is 0. The van der Waals surface area contributed by atoms with Gasteiger partial charge in [-0.15, -0.1) is 0 Å². The molecule has 158 valence electrons. The highest BCUT2D eigenvalue weighted by Gasteiger charge is 2.65. The van der Waals surface area contributed by atoms with Crippen molar-refractivity contribution in [1.82, 2.24) is 4.90 Å². The molecule has 31 heavy (non-hydrogen) atoms. The van der Waals surface area contributed by atoms with E-state index >= 15 is 0 Å². The molecule has 3 heterocycles. The van der Waals surface area contributed by atoms with E-state index in [9.17, 15) is 14.4 Å². The number of fused-ring (bicyclic) bond motifs is 5. The van der Waals surface area contributed by atoms with Crippen LogP contribution in [0.1, 0.15) is 36.7 Å². The zero-order valence-electron chi connectivity index (χ0n) is 17.6. The normalized spacial score (nSPS) is 26.7. The number of imide groups is 1. The monoisotopic (exact) mass is 434 g/mol. The molecule has 0 N–H and O–H groups in total. The van der Waals surface area contributed by atoms with Crippen LogP contribution >= 0.6 is 11.6 Å². The molecule has 0 bridgehead atoms. The topological polar surface area (TPSA) is 57.7 Å². The van der Waals surface area contributed by atoms with Crippen LogP contribution in [0.5, 0.6) is 0 Å². The van der Waals surface area contributed by atoms with Gasteiger partial charge in [0.2, 0.25) is 11.8 Å². The molecule has 0 aromatic heterocycles. The molecule has 5 rings (SSSR count). The Hall–Kier alpha value is -2.92. The van der Waals surface area contributed by atoms with Crippen molar-refractivity contribution in [3.05, 3.63) is 70.8 Å². The molecule has 0 unspecified atom stereocenters. The van der Waals surface area contributed by atoms with Crippen LogP contribution in [-0.2, 0) is 9.59 Å². The van der Waals surface area contributed by atoms with Gasteiger partial charge in [0.15, 0.2) is 5.78 Å². The molecule has 0 aliphatic carbocycles. The molecule has 6 heteroatoms. The van der Waals surface area contributed by atoms with Crippen LogP contribution < -0.4 is 4.90 Å². The van der Waals surface area contributed by atoms with Crippen molar-refractivity contribution in [3.8, 4) is 0 Å². The van der Waals surface area contributed by atoms with Crippen molar-refractivity contribution in [2.75, 3.05) is 4.90 Å². The first-order chi connectivity index (χ1) is 14.7. The van der Waals surface area contributed by atoms with Crippen LogP contribution in [0.4, 0.5) is 5.69 Å². The maximum Gasteiger partial charge on any atom is 0.236 e. The lowest BCUT2D eigenvalue weighted by Gasteiger charge is -2.38. The predicted octanol–water partition coefficient (Wildman–Crippen LogP) is 4.21. The molecule has 4 atom stereocenters. The first kappa shape index (κ1) is 20.0. The minimum Gasteiger partial charge on any atom is -0.352 e. The van der Waals surface area contributed by atoms with Crippen LogP contribution in [0, 0.1) is 11.8 Å². The Morgan fingerprint density at radius 2 is 1.58 bits per heavy atom. The fraction of sp³-hybridized carbons (Fsp3) is 0.320. The highest BCUT2D eigenvalue weighted by atomic mass is 35.5. The summed E-state index contributed by atoms with van der Waals surface area (Å²) in [5.41, 5.74) is 1.54. The van der Waals surface area contributed by atoms with Crippen LogP contribution in [0.15, 0.2) is 54.6 Å². The number of para-hydroxylation sites is 1. The fourth-order valence-corrected chi connectivity index (χ4v) is 5.52. The number of nitrogens with zero attached hydrogens (tertiary/aromatic N) is 2. The largest absolute Gasteiger partial charge is 0.352 e. The smallest absolute Gasteiger partial charge is 0.236 e. The number of likely N-dealkylation sites (tertiary alicyclic amines) is 1. The molecular weight excluding hydrogens is 412 g/mol. The minimum atomic E-state index is -0.801. The number of halogens is 1. The SMILES string of the molecule is CC(C)(C)N1C(=O)[C@H]2[C@H](C1=O)[C@@H](C(=O)c1ccccc1Cl)N1c3ccccc3C=C[C@H]21. The number of anilines is 1. The molecule has 0 saturated carbocycles. The molecule has 5 nitrogen and oxygen atoms in total. The van der Waals surface area contributed by atoms with Crippen LogP contribution in [0.2, 0.25) is 5.02 Å². The van der Waals surface area contributed by atoms with Gasteiger partial charge in [-0.2, -0.15) is 0 Å². The number of carbonyl (C=O) groups excluding carboxylic acids is 3. The maximum atomic E-state index is 13.9. The standard InChI is InChI=1S/C25H23ClN2O3/c1-25(2,3)28-23(30)19-18-13-12-14-8-4-7-11-17(14)27(18)21(20(19)24(28)31)22(29)15-9-5-6-10-16(15)26/h4-13,18-21H,1-3H3/t18-,19-,20+,21+/m1/s1. The van der Waals surface area contributed by atoms with E-state index in [1.165, 1.54) is 4.90 Å². The van der Waals surface area contributed by atoms with E-state index in [0.29, 0.717) is 10.6 Å². The highest BCUT2D eigenvalue weighted by Crippen LogP contribution is 2.50. The number of carbonyl (C=O) groups is 3. The van der Waals surface area contributed by atoms with Crippen molar-refractivity contribution in [2.24, 2.45) is 11.8 Å². The van der Waals surface area contributed by atoms with Crippen molar-refractivity contribution in [2.45, 2.75) is 38.4 Å². The first-order valence-corrected chi connectivity index (χ1v) is 10.8. The quantitative estimate of drug-likeness (QED) is 0.525. The minimum absolute atomic E-state index is 0.212. The van der Waals surface area contributed by atoms with Gasteiger partial charge in [-0.1, -0.05) is 54.1 Å². The lowest BCUT2D eigenvalue weighted by molar-refractivity contribution is -0.145. The molecule has 2 fully saturated rings. The Morgan fingerprint density at radius 1 is 0.935 bits per heavy atom. The molecule has 0 radical (unpaired) electrons. The molecule has 2 amide bonds. The molecular formula is C25H23ClN2O3. The Morgan fingerprint density at radius 3 is 2.29 bits per heavy atom. The molecule has 0 spiro atoms. The van der Waals surface area contributed by atoms with Gasteiger partial charge in [-0.25, -0.2) is 0 Å². The van der Waals surface area contributed by atoms with E-state index < -0.39 is 23.4 Å². The summed E-state index contributed by atoms with van der Waals surface area (Å²) in [7, 11) is 0. The van der Waals surface area contributed by atoms with Crippen LogP contribution in [0.3, 0.4) is 0 Å². The van der Waals surface area contributed by atoms with Gasteiger partial charge < -0.3 is 4.90 Å². The van der Waals surface area contributed by atoms with Gasteiger partial charge in [0.05, 0.1) is 22.9 Å². The second kappa shape index (κ2) is 6.79. The van der Waals surface area contributed by atoms with Gasteiger partial charge in [-0.3, -0.25) is 19.3 Å². The summed E-state index contributed by atoms with van der Waals surface area (Å²) in [4.78, 5) is 44.3. The van der Waals surface area contributed by atoms with Gasteiger partial charge >= 0.3 is 0 Å². The second-order valence-electron chi connectivity index (χ2n) is 9.34. The van der Waals surface area contributed by atoms with Gasteiger partial charge in [-0.05, 0) is 44.5 Å². The fourth-order valence-electron chi connectivity index (χ4n) is 5.30. The van der Waals surface area contributed by atoms with Crippen molar-refractivity contribution in [3.63, 3.8) is 0 Å². The Balaban J connectivity index is 1.69. The lowest BCUT2D eigenvalue weighted by atomic mass is 9.86. The molecule has 2 aromatic rings. The van der Waals surface area contributed by atoms with Crippen molar-refractivity contribution in [1.29, 1.82) is 0 Å². The Bertz CT molecular complexity index is 1150. The van der Waals surface area contributed by atoms with Crippen molar-refractivity contribution >= 4 is 41.0 Å². The lowest BCUT2D eigenvalue weighted by Crippen LogP contribution is -2.52. The summed E-state index contributed by atoms with van der Waals surface area (Å²) in [6, 6.07) is 13.5. The average molecular weight is 435 g/mol. The summed E-state index contributed by atoms with van der Waals surface area (Å²) in [6.07, 6.45) is 3.94. The third-order valence-electron chi connectivity index (χ3n) is 6.49. The van der Waals surface area contributed by atoms with Crippen LogP contribution in [-0.4, -0.2) is 40.1 Å². The summed E-state index contributed by atoms with van der Waals surface area (Å²) in [5.74, 6) is -2.08. The average Bonchev–Trinajstić information content (AvgIpc) is 3.20. The van der Waals surface area contributed by atoms with Gasteiger partial charge in [0.25, 0.3) is 0 Å². The summed E-state index contributed by atoms with van der Waals surface area (Å²) in [6.45, 7) is 5.54. The Labute approximate surface area is 186 Å². The van der Waals surface area contributed by atoms with E-state index in [0.717, 1.165) is 11.3 Å². The first-order valence-electron chi connectivity index (χ1n) is 10.4. The van der Waals surface area contributed by atoms with E-state index in [1.807, 2.05) is 62.1 Å². The zero-order chi connectivity index (χ0) is 22.1. The molecule has 2 saturated heterocycles. The summed E-state index contributed by atoms with van der Waals surface area (Å²) in [5, 5.41) is 0.345. The molecule has 2 aromatic carbocycles. The maximum absolute atomic E-state index is 13.9. The van der Waals surface area contributed by atoms with Crippen LogP contribution in [0.25, 0.3) is 6.08 Å². The summed E-state index contributed by atoms with van der Waals surface area (Å²) >= 11 is 6.37. The van der Waals surface area contributed by atoms with Gasteiger partial charge in [0.1, 0.15) is 6.04 Å². The predicted molar refractivity (Wildman–Crippen MR) is 120 cm³/mol. The number of rotatable bonds is 2. The van der Waals surface area contributed by atoms with E-state index in [4.69, 9.17) is 11.6 Å². The number of ketones is 1.